The molecule has 0 aliphatic heterocycles. The fourth-order valence-electron chi connectivity index (χ4n) is 5.97. The Morgan fingerprint density at radius 1 is 0.579 bits per heavy atom. The van der Waals surface area contributed by atoms with Gasteiger partial charge in [0.1, 0.15) is 0 Å². The first-order chi connectivity index (χ1) is 18.8. The van der Waals surface area contributed by atoms with Crippen LogP contribution in [0.2, 0.25) is 0 Å². The number of hydrogen-bond acceptors (Lipinski definition) is 4. The Morgan fingerprint density at radius 3 is 1.79 bits per heavy atom. The summed E-state index contributed by atoms with van der Waals surface area (Å²) < 4.78 is 0. The highest BCUT2D eigenvalue weighted by molar-refractivity contribution is 7.99. The molecule has 0 unspecified atom stereocenters. The summed E-state index contributed by atoms with van der Waals surface area (Å²) in [6, 6.07) is 40.1. The molecule has 5 aromatic rings. The first-order valence-corrected chi connectivity index (χ1v) is 15.0. The summed E-state index contributed by atoms with van der Waals surface area (Å²) in [6.45, 7) is 0.343. The van der Waals surface area contributed by atoms with Crippen molar-refractivity contribution >= 4 is 34.3 Å². The van der Waals surface area contributed by atoms with Crippen LogP contribution in [0, 0.1) is 0 Å². The third-order valence-electron chi connectivity index (χ3n) is 7.53. The molecule has 4 heteroatoms. The van der Waals surface area contributed by atoms with E-state index in [1.54, 1.807) is 23.5 Å². The van der Waals surface area contributed by atoms with Crippen LogP contribution in [0.1, 0.15) is 33.4 Å². The Labute approximate surface area is 232 Å². The maximum Gasteiger partial charge on any atom is 0.0707 e. The normalized spacial score (nSPS) is 13.7. The van der Waals surface area contributed by atoms with Crippen LogP contribution in [0.25, 0.3) is 10.8 Å². The van der Waals surface area contributed by atoms with E-state index in [1.165, 1.54) is 44.2 Å². The van der Waals surface area contributed by atoms with Crippen LogP contribution in [0.4, 0.5) is 0 Å². The largest absolute Gasteiger partial charge is 0.396 e. The summed E-state index contributed by atoms with van der Waals surface area (Å²) >= 11 is 3.36. The zero-order chi connectivity index (χ0) is 26.0. The van der Waals surface area contributed by atoms with Crippen molar-refractivity contribution in [2.45, 2.75) is 21.6 Å². The first-order valence-electron chi connectivity index (χ1n) is 13.0. The highest BCUT2D eigenvalue weighted by atomic mass is 32.2. The van der Waals surface area contributed by atoms with Gasteiger partial charge in [-0.2, -0.15) is 0 Å². The van der Waals surface area contributed by atoms with Crippen molar-refractivity contribution in [2.24, 2.45) is 0 Å². The van der Waals surface area contributed by atoms with Crippen molar-refractivity contribution in [3.8, 4) is 0 Å². The zero-order valence-corrected chi connectivity index (χ0v) is 22.8. The summed E-state index contributed by atoms with van der Waals surface area (Å²) in [5.74, 6) is 1.38. The van der Waals surface area contributed by atoms with E-state index in [2.05, 4.69) is 109 Å². The van der Waals surface area contributed by atoms with Gasteiger partial charge in [-0.15, -0.1) is 23.5 Å². The van der Waals surface area contributed by atoms with Gasteiger partial charge < -0.3 is 10.2 Å². The van der Waals surface area contributed by atoms with Gasteiger partial charge in [-0.3, -0.25) is 0 Å². The number of aliphatic hydroxyl groups is 2. The highest BCUT2D eigenvalue weighted by Gasteiger charge is 2.44. The molecule has 5 aromatic carbocycles. The van der Waals surface area contributed by atoms with Crippen molar-refractivity contribution in [1.82, 2.24) is 0 Å². The van der Waals surface area contributed by atoms with Gasteiger partial charge in [0.05, 0.1) is 18.6 Å². The van der Waals surface area contributed by atoms with E-state index in [0.29, 0.717) is 11.5 Å². The van der Waals surface area contributed by atoms with Gasteiger partial charge in [0, 0.05) is 21.3 Å². The molecule has 0 radical (unpaired) electrons. The molecule has 2 nitrogen and oxygen atoms in total. The Hall–Kier alpha value is -3.02. The van der Waals surface area contributed by atoms with Crippen LogP contribution < -0.4 is 0 Å². The Bertz CT molecular complexity index is 1510. The molecule has 0 atom stereocenters. The third-order valence-corrected chi connectivity index (χ3v) is 9.51. The van der Waals surface area contributed by atoms with E-state index in [4.69, 9.17) is 0 Å². The van der Waals surface area contributed by atoms with Crippen molar-refractivity contribution in [1.29, 1.82) is 0 Å². The molecule has 1 aliphatic rings. The van der Waals surface area contributed by atoms with Crippen molar-refractivity contribution in [3.05, 3.63) is 143 Å². The van der Waals surface area contributed by atoms with Gasteiger partial charge in [-0.25, -0.2) is 0 Å². The molecule has 6 rings (SSSR count). The number of aliphatic hydroxyl groups excluding tert-OH is 2. The van der Waals surface area contributed by atoms with Gasteiger partial charge >= 0.3 is 0 Å². The summed E-state index contributed by atoms with van der Waals surface area (Å²) in [6.07, 6.45) is 0.906. The maximum absolute atomic E-state index is 9.32. The molecule has 2 N–H and O–H groups in total. The van der Waals surface area contributed by atoms with E-state index >= 15 is 0 Å². The molecule has 0 saturated carbocycles. The number of rotatable bonds is 8. The van der Waals surface area contributed by atoms with E-state index < -0.39 is 5.41 Å². The van der Waals surface area contributed by atoms with E-state index in [-0.39, 0.29) is 13.2 Å². The van der Waals surface area contributed by atoms with Crippen LogP contribution in [0.15, 0.2) is 119 Å². The number of fused-ring (bicyclic) bond motifs is 4. The third kappa shape index (κ3) is 4.36. The standard InChI is InChI=1S/C34H30O2S2/c35-19-21-37-28-14-10-26(11-15-28)34(27-12-16-29(17-13-27)38-22-20-36)32-8-4-2-6-25(32)23-31-30-7-3-1-5-24(30)9-18-33(31)34/h1-18,35-36H,19-23H2. The topological polar surface area (TPSA) is 40.5 Å². The molecular weight excluding hydrogens is 505 g/mol. The second kappa shape index (κ2) is 11.0. The molecule has 0 amide bonds. The van der Waals surface area contributed by atoms with Crippen LogP contribution in [0.5, 0.6) is 0 Å². The number of hydrogen-bond donors (Lipinski definition) is 2. The fourth-order valence-corrected chi connectivity index (χ4v) is 7.28. The SMILES string of the molecule is OCCSc1ccc(C2(c3ccc(SCCO)cc3)c3ccccc3Cc3c2ccc2ccccc32)cc1. The van der Waals surface area contributed by atoms with Crippen molar-refractivity contribution in [3.63, 3.8) is 0 Å². The second-order valence-electron chi connectivity index (χ2n) is 9.59. The molecule has 0 heterocycles. The molecule has 0 spiro atoms. The fraction of sp³-hybridized carbons (Fsp3) is 0.176. The molecule has 0 aromatic heterocycles. The van der Waals surface area contributed by atoms with E-state index in [0.717, 1.165) is 16.2 Å². The zero-order valence-electron chi connectivity index (χ0n) is 21.1. The smallest absolute Gasteiger partial charge is 0.0707 e. The van der Waals surface area contributed by atoms with Crippen LogP contribution in [-0.2, 0) is 11.8 Å². The van der Waals surface area contributed by atoms with Gasteiger partial charge in [0.15, 0.2) is 0 Å². The lowest BCUT2D eigenvalue weighted by molar-refractivity contribution is 0.322. The maximum atomic E-state index is 9.32. The quantitative estimate of drug-likeness (QED) is 0.201. The number of benzene rings is 5. The summed E-state index contributed by atoms with van der Waals surface area (Å²) in [4.78, 5) is 2.33. The Balaban J connectivity index is 1.64. The highest BCUT2D eigenvalue weighted by Crippen LogP contribution is 2.52. The van der Waals surface area contributed by atoms with Crippen molar-refractivity contribution < 1.29 is 10.2 Å². The lowest BCUT2D eigenvalue weighted by atomic mass is 9.59. The summed E-state index contributed by atoms with van der Waals surface area (Å²) in [5, 5.41) is 21.2. The lowest BCUT2D eigenvalue weighted by Crippen LogP contribution is -2.36. The lowest BCUT2D eigenvalue weighted by Gasteiger charge is -2.43. The van der Waals surface area contributed by atoms with Crippen LogP contribution in [0.3, 0.4) is 0 Å². The average molecular weight is 535 g/mol. The summed E-state index contributed by atoms with van der Waals surface area (Å²) in [5.41, 5.74) is 7.42. The average Bonchev–Trinajstić information content (AvgIpc) is 2.98. The molecule has 0 saturated heterocycles. The van der Waals surface area contributed by atoms with Gasteiger partial charge in [0.2, 0.25) is 0 Å². The molecule has 0 bridgehead atoms. The second-order valence-corrected chi connectivity index (χ2v) is 11.9. The van der Waals surface area contributed by atoms with E-state index in [9.17, 15) is 10.2 Å². The Morgan fingerprint density at radius 2 is 1.16 bits per heavy atom. The van der Waals surface area contributed by atoms with Crippen LogP contribution in [-0.4, -0.2) is 34.9 Å². The molecule has 1 aliphatic carbocycles. The molecule has 0 fully saturated rings. The van der Waals surface area contributed by atoms with E-state index in [1.807, 2.05) is 0 Å². The number of thioether (sulfide) groups is 2. The predicted octanol–water partition coefficient (Wildman–Crippen LogP) is 7.30. The van der Waals surface area contributed by atoms with Gasteiger partial charge in [-0.1, -0.05) is 84.9 Å². The summed E-state index contributed by atoms with van der Waals surface area (Å²) in [7, 11) is 0. The minimum Gasteiger partial charge on any atom is -0.396 e. The minimum atomic E-state index is -0.464. The molecule has 190 valence electrons. The minimum absolute atomic E-state index is 0.171. The van der Waals surface area contributed by atoms with Gasteiger partial charge in [0.25, 0.3) is 0 Å². The van der Waals surface area contributed by atoms with Crippen LogP contribution >= 0.6 is 23.5 Å². The molecule has 38 heavy (non-hydrogen) atoms. The predicted molar refractivity (Wildman–Crippen MR) is 161 cm³/mol. The van der Waals surface area contributed by atoms with Crippen molar-refractivity contribution in [2.75, 3.05) is 24.7 Å². The van der Waals surface area contributed by atoms with Gasteiger partial charge in [-0.05, 0) is 74.8 Å². The Kier molecular flexibility index (Phi) is 7.31. The monoisotopic (exact) mass is 534 g/mol. The first kappa shape index (κ1) is 25.3. The molecular formula is C34H30O2S2.